The number of carboxylic acids is 3. The van der Waals surface area contributed by atoms with Crippen molar-refractivity contribution < 1.29 is 95.6 Å². The molecule has 2 bridgehead atoms. The van der Waals surface area contributed by atoms with Gasteiger partial charge in [0.05, 0.1) is 24.5 Å². The fraction of sp³-hybridized carbons (Fsp3) is 0.531. The quantitative estimate of drug-likeness (QED) is 0.177. The Hall–Kier alpha value is -5.44. The lowest BCUT2D eigenvalue weighted by atomic mass is 9.50. The molecule has 2 heterocycles. The Morgan fingerprint density at radius 1 is 0.981 bits per heavy atom. The first kappa shape index (κ1) is 40.3. The van der Waals surface area contributed by atoms with Crippen LogP contribution in [0, 0.1) is 0 Å². The Labute approximate surface area is 296 Å². The zero-order valence-corrected chi connectivity index (χ0v) is 28.3. The molecule has 1 saturated heterocycles. The van der Waals surface area contributed by atoms with Gasteiger partial charge in [0, 0.05) is 31.9 Å². The maximum Gasteiger partial charge on any atom is 0.490 e. The van der Waals surface area contributed by atoms with Crippen LogP contribution >= 0.6 is 0 Å². The zero-order valence-electron chi connectivity index (χ0n) is 28.3. The van der Waals surface area contributed by atoms with E-state index in [1.54, 1.807) is 6.07 Å². The number of likely N-dealkylation sites (tertiary alicyclic amines) is 1. The number of alkyl halides is 3. The number of halogens is 3. The molecule has 4 N–H and O–H groups in total. The van der Waals surface area contributed by atoms with Gasteiger partial charge in [0.25, 0.3) is 0 Å². The topological polar surface area (TPSA) is 259 Å². The molecule has 0 saturated carbocycles. The molecule has 0 amide bonds. The van der Waals surface area contributed by atoms with Gasteiger partial charge in [-0.15, -0.1) is 0 Å². The van der Waals surface area contributed by atoms with Crippen molar-refractivity contribution in [1.29, 1.82) is 0 Å². The molecule has 290 valence electrons. The lowest BCUT2D eigenvalue weighted by Gasteiger charge is -2.61. The Morgan fingerprint density at radius 2 is 1.57 bits per heavy atom. The highest BCUT2D eigenvalue weighted by Crippen LogP contribution is 2.65. The largest absolute Gasteiger partial charge is 0.493 e. The number of aliphatic carboxylic acids is 3. The molecule has 1 aromatic rings. The van der Waals surface area contributed by atoms with Crippen LogP contribution in [0.4, 0.5) is 13.2 Å². The van der Waals surface area contributed by atoms with Crippen molar-refractivity contribution in [2.24, 2.45) is 0 Å². The smallest absolute Gasteiger partial charge is 0.490 e. The molecule has 0 aromatic heterocycles. The first-order valence-corrected chi connectivity index (χ1v) is 15.6. The average molecular weight is 762 g/mol. The van der Waals surface area contributed by atoms with E-state index in [0.717, 1.165) is 25.0 Å². The summed E-state index contributed by atoms with van der Waals surface area (Å²) >= 11 is 0. The maximum atomic E-state index is 13.7. The second kappa shape index (κ2) is 14.9. The number of hydrogen-bond acceptors (Lipinski definition) is 15. The number of carbonyl (C=O) groups excluding carboxylic acids is 4. The molecule has 5 rings (SSSR count). The summed E-state index contributed by atoms with van der Waals surface area (Å²) in [5.41, 5.74) is -0.762. The Morgan fingerprint density at radius 3 is 2.08 bits per heavy atom. The van der Waals surface area contributed by atoms with Crippen LogP contribution < -0.4 is 9.47 Å². The third-order valence-corrected chi connectivity index (χ3v) is 9.24. The molecule has 7 atom stereocenters. The number of carbonyl (C=O) groups is 7. The standard InChI is InChI=1S/C30H33NO15.C2HF3O2/c1-13(32)42-23(24(43-14(2)33)28(39)45-18(26(36)37)12-20(34)35)27(38)44-17-7-8-30(40)19-11-15-5-6-16(41-4)22-21(15)29(30,25(17)46-22)9-10-31(19)3;3-2(4,5)1(6)7/h5-7,18-19,23-25,40H,8-12H2,1-4H3,(H,34,35)(H,36,37);(H,6,7)/t18?,19-,23?,24?,25+,29+,30-;/m1./s1. The third-order valence-electron chi connectivity index (χ3n) is 9.24. The number of nitrogens with zero attached hydrogens (tertiary/aromatic N) is 1. The number of hydrogen-bond donors (Lipinski definition) is 4. The fourth-order valence-corrected chi connectivity index (χ4v) is 7.13. The third kappa shape index (κ3) is 7.56. The lowest BCUT2D eigenvalue weighted by Crippen LogP contribution is -2.74. The van der Waals surface area contributed by atoms with Gasteiger partial charge in [0.2, 0.25) is 18.3 Å². The number of esters is 4. The van der Waals surface area contributed by atoms with Gasteiger partial charge in [0.15, 0.2) is 17.6 Å². The molecular weight excluding hydrogens is 727 g/mol. The number of likely N-dealkylation sites (N-methyl/N-ethyl adjacent to an activating group) is 1. The van der Waals surface area contributed by atoms with E-state index < -0.39 is 89.8 Å². The van der Waals surface area contributed by atoms with Gasteiger partial charge < -0.3 is 53.7 Å². The number of carboxylic acid groups (broad SMARTS) is 3. The molecule has 18 nitrogen and oxygen atoms in total. The number of ether oxygens (including phenoxy) is 6. The van der Waals surface area contributed by atoms with Crippen molar-refractivity contribution in [2.75, 3.05) is 20.7 Å². The lowest BCUT2D eigenvalue weighted by molar-refractivity contribution is -0.195. The molecule has 1 spiro atoms. The van der Waals surface area contributed by atoms with E-state index >= 15 is 0 Å². The molecular formula is C32H34F3NO17. The summed E-state index contributed by atoms with van der Waals surface area (Å²) in [7, 11) is 3.38. The van der Waals surface area contributed by atoms with Crippen molar-refractivity contribution in [3.63, 3.8) is 0 Å². The summed E-state index contributed by atoms with van der Waals surface area (Å²) in [6.45, 7) is 2.33. The molecule has 21 heteroatoms. The molecule has 0 radical (unpaired) electrons. The van der Waals surface area contributed by atoms with Gasteiger partial charge in [-0.2, -0.15) is 13.2 Å². The summed E-state index contributed by atoms with van der Waals surface area (Å²) in [6.07, 6.45) is -11.8. The number of piperidine rings is 1. The Kier molecular flexibility index (Phi) is 11.3. The van der Waals surface area contributed by atoms with Crippen LogP contribution in [0.15, 0.2) is 24.0 Å². The van der Waals surface area contributed by atoms with E-state index in [1.807, 2.05) is 13.1 Å². The minimum absolute atomic E-state index is 0.0314. The highest BCUT2D eigenvalue weighted by Gasteiger charge is 2.72. The Balaban J connectivity index is 0.000000815. The van der Waals surface area contributed by atoms with Crippen molar-refractivity contribution in [2.45, 2.75) is 87.2 Å². The van der Waals surface area contributed by atoms with E-state index in [1.165, 1.54) is 13.2 Å². The predicted octanol–water partition coefficient (Wildman–Crippen LogP) is 0.484. The highest BCUT2D eigenvalue weighted by molar-refractivity contribution is 5.91. The van der Waals surface area contributed by atoms with E-state index in [9.17, 15) is 52.2 Å². The predicted molar refractivity (Wildman–Crippen MR) is 162 cm³/mol. The van der Waals surface area contributed by atoms with Crippen LogP contribution in [0.1, 0.15) is 44.2 Å². The maximum absolute atomic E-state index is 13.7. The SMILES string of the molecule is COc1ccc2c3c1O[C@H]1C(OC(=O)C(OC(C)=O)C(OC(C)=O)C(=O)OC(CC(=O)O)C(=O)O)=CC[C@@]4(O)[C@@H](C2)N(C)CC[C@]314.O=C(O)C(F)(F)F. The average Bonchev–Trinajstić information content (AvgIpc) is 3.40. The molecule has 1 fully saturated rings. The van der Waals surface area contributed by atoms with Crippen LogP contribution in [0.2, 0.25) is 0 Å². The van der Waals surface area contributed by atoms with Gasteiger partial charge in [-0.05, 0) is 44.1 Å². The van der Waals surface area contributed by atoms with Gasteiger partial charge >= 0.3 is 48.0 Å². The van der Waals surface area contributed by atoms with Gasteiger partial charge in [-0.1, -0.05) is 6.07 Å². The number of aliphatic hydroxyl groups is 1. The van der Waals surface area contributed by atoms with E-state index in [2.05, 4.69) is 4.90 Å². The molecule has 53 heavy (non-hydrogen) atoms. The summed E-state index contributed by atoms with van der Waals surface area (Å²) in [4.78, 5) is 84.4. The number of benzene rings is 1. The van der Waals surface area contributed by atoms with Crippen LogP contribution in [0.5, 0.6) is 11.5 Å². The summed E-state index contributed by atoms with van der Waals surface area (Å²) in [6, 6.07) is 3.35. The second-order valence-electron chi connectivity index (χ2n) is 12.4. The zero-order chi connectivity index (χ0) is 39.8. The normalized spacial score (nSPS) is 25.2. The monoisotopic (exact) mass is 761 g/mol. The molecule has 2 aliphatic carbocycles. The summed E-state index contributed by atoms with van der Waals surface area (Å²) in [5.74, 6) is -10.9. The Bertz CT molecular complexity index is 1740. The van der Waals surface area contributed by atoms with Gasteiger partial charge in [-0.25, -0.2) is 19.2 Å². The van der Waals surface area contributed by atoms with E-state index in [0.29, 0.717) is 30.9 Å². The van der Waals surface area contributed by atoms with Gasteiger partial charge in [0.1, 0.15) is 5.76 Å². The number of methoxy groups -OCH3 is 1. The van der Waals surface area contributed by atoms with Crippen molar-refractivity contribution >= 4 is 41.8 Å². The molecule has 4 aliphatic rings. The minimum Gasteiger partial charge on any atom is -0.493 e. The van der Waals surface area contributed by atoms with Crippen molar-refractivity contribution in [3.05, 3.63) is 35.1 Å². The van der Waals surface area contributed by atoms with Crippen LogP contribution in [0.3, 0.4) is 0 Å². The highest BCUT2D eigenvalue weighted by atomic mass is 19.4. The van der Waals surface area contributed by atoms with Crippen LogP contribution in [-0.4, -0.2) is 130 Å². The fourth-order valence-electron chi connectivity index (χ4n) is 7.13. The van der Waals surface area contributed by atoms with Crippen LogP contribution in [0.25, 0.3) is 0 Å². The van der Waals surface area contributed by atoms with E-state index in [-0.39, 0.29) is 18.2 Å². The summed E-state index contributed by atoms with van der Waals surface area (Å²) in [5, 5.41) is 37.8. The first-order valence-electron chi connectivity index (χ1n) is 15.6. The molecule has 3 unspecified atom stereocenters. The van der Waals surface area contributed by atoms with E-state index in [4.69, 9.17) is 43.4 Å². The molecule has 1 aromatic carbocycles. The van der Waals surface area contributed by atoms with Crippen LogP contribution in [-0.2, 0) is 64.3 Å². The summed E-state index contributed by atoms with van der Waals surface area (Å²) < 4.78 is 64.1. The molecule has 2 aliphatic heterocycles. The minimum atomic E-state index is -5.08. The van der Waals surface area contributed by atoms with Crippen molar-refractivity contribution in [3.8, 4) is 11.5 Å². The number of rotatable bonds is 11. The second-order valence-corrected chi connectivity index (χ2v) is 12.4. The first-order chi connectivity index (χ1) is 24.6. The van der Waals surface area contributed by atoms with Crippen molar-refractivity contribution in [1.82, 2.24) is 4.90 Å². The van der Waals surface area contributed by atoms with Gasteiger partial charge in [-0.3, -0.25) is 14.4 Å².